The maximum Gasteiger partial charge on any atom is 0.258 e. The van der Waals surface area contributed by atoms with Crippen molar-refractivity contribution < 1.29 is 22.7 Å². The third-order valence-corrected chi connectivity index (χ3v) is 7.78. The van der Waals surface area contributed by atoms with Gasteiger partial charge in [0.15, 0.2) is 6.61 Å². The van der Waals surface area contributed by atoms with Gasteiger partial charge in [-0.3, -0.25) is 9.59 Å². The van der Waals surface area contributed by atoms with Crippen molar-refractivity contribution in [2.24, 2.45) is 0 Å². The zero-order valence-corrected chi connectivity index (χ0v) is 20.9. The van der Waals surface area contributed by atoms with Crippen LogP contribution in [0, 0.1) is 6.92 Å². The van der Waals surface area contributed by atoms with Crippen LogP contribution in [0.3, 0.4) is 0 Å². The number of aryl methyl sites for hydroxylation is 1. The molecule has 2 N–H and O–H groups in total. The SMILES string of the molecule is CC(=O)Nc1ccc(S(=O)(=O)N2CCC(NC(=O)COc3ccc(C(C)C)c(C)c3)CC2)cc1. The molecule has 0 atom stereocenters. The first-order valence-electron chi connectivity index (χ1n) is 11.5. The van der Waals surface area contributed by atoms with E-state index in [-0.39, 0.29) is 29.4 Å². The van der Waals surface area contributed by atoms with E-state index in [1.807, 2.05) is 25.1 Å². The number of piperidine rings is 1. The average molecular weight is 488 g/mol. The highest BCUT2D eigenvalue weighted by Gasteiger charge is 2.30. The Kier molecular flexibility index (Phi) is 8.33. The summed E-state index contributed by atoms with van der Waals surface area (Å²) in [5, 5.41) is 5.56. The van der Waals surface area contributed by atoms with Gasteiger partial charge in [0.1, 0.15) is 5.75 Å². The van der Waals surface area contributed by atoms with Gasteiger partial charge in [0, 0.05) is 31.7 Å². The molecule has 8 nitrogen and oxygen atoms in total. The van der Waals surface area contributed by atoms with E-state index in [9.17, 15) is 18.0 Å². The van der Waals surface area contributed by atoms with Crippen molar-refractivity contribution in [3.05, 3.63) is 53.6 Å². The fourth-order valence-electron chi connectivity index (χ4n) is 4.11. The molecule has 3 rings (SSSR count). The first-order chi connectivity index (χ1) is 16.1. The minimum absolute atomic E-state index is 0.0837. The lowest BCUT2D eigenvalue weighted by molar-refractivity contribution is -0.124. The summed E-state index contributed by atoms with van der Waals surface area (Å²) in [6.45, 7) is 8.24. The minimum atomic E-state index is -3.64. The summed E-state index contributed by atoms with van der Waals surface area (Å²) in [7, 11) is -3.64. The van der Waals surface area contributed by atoms with Crippen LogP contribution >= 0.6 is 0 Å². The number of nitrogens with one attached hydrogen (secondary N) is 2. The number of rotatable bonds is 8. The van der Waals surface area contributed by atoms with Crippen LogP contribution in [0.25, 0.3) is 0 Å². The average Bonchev–Trinajstić information content (AvgIpc) is 2.78. The van der Waals surface area contributed by atoms with Gasteiger partial charge in [-0.15, -0.1) is 0 Å². The normalized spacial score (nSPS) is 15.2. The first-order valence-corrected chi connectivity index (χ1v) is 12.9. The van der Waals surface area contributed by atoms with Crippen molar-refractivity contribution in [3.8, 4) is 5.75 Å². The number of carbonyl (C=O) groups is 2. The largest absolute Gasteiger partial charge is 0.484 e. The number of ether oxygens (including phenoxy) is 1. The van der Waals surface area contributed by atoms with Crippen molar-refractivity contribution in [1.29, 1.82) is 0 Å². The van der Waals surface area contributed by atoms with E-state index in [1.54, 1.807) is 12.1 Å². The van der Waals surface area contributed by atoms with Gasteiger partial charge in [-0.25, -0.2) is 8.42 Å². The molecule has 1 heterocycles. The fraction of sp³-hybridized carbons (Fsp3) is 0.440. The van der Waals surface area contributed by atoms with E-state index in [0.717, 1.165) is 5.56 Å². The molecule has 2 aromatic rings. The van der Waals surface area contributed by atoms with Crippen molar-refractivity contribution in [1.82, 2.24) is 9.62 Å². The maximum absolute atomic E-state index is 12.9. The molecule has 1 aliphatic heterocycles. The predicted molar refractivity (Wildman–Crippen MR) is 131 cm³/mol. The van der Waals surface area contributed by atoms with Gasteiger partial charge in [0.2, 0.25) is 15.9 Å². The predicted octanol–water partition coefficient (Wildman–Crippen LogP) is 3.43. The maximum atomic E-state index is 12.9. The highest BCUT2D eigenvalue weighted by Crippen LogP contribution is 2.24. The molecule has 184 valence electrons. The van der Waals surface area contributed by atoms with Gasteiger partial charge >= 0.3 is 0 Å². The van der Waals surface area contributed by atoms with Gasteiger partial charge in [0.05, 0.1) is 4.90 Å². The molecule has 0 aliphatic carbocycles. The second-order valence-corrected chi connectivity index (χ2v) is 10.9. The summed E-state index contributed by atoms with van der Waals surface area (Å²) in [5.41, 5.74) is 2.93. The number of amides is 2. The summed E-state index contributed by atoms with van der Waals surface area (Å²) in [6.07, 6.45) is 1.05. The van der Waals surface area contributed by atoms with Crippen LogP contribution in [-0.4, -0.2) is 50.3 Å². The third-order valence-electron chi connectivity index (χ3n) is 5.86. The van der Waals surface area contributed by atoms with Crippen molar-refractivity contribution in [3.63, 3.8) is 0 Å². The highest BCUT2D eigenvalue weighted by atomic mass is 32.2. The van der Waals surface area contributed by atoms with E-state index in [4.69, 9.17) is 4.74 Å². The van der Waals surface area contributed by atoms with Crippen LogP contribution in [0.1, 0.15) is 50.7 Å². The number of sulfonamides is 1. The van der Waals surface area contributed by atoms with Crippen LogP contribution in [0.2, 0.25) is 0 Å². The fourth-order valence-corrected chi connectivity index (χ4v) is 5.58. The monoisotopic (exact) mass is 487 g/mol. The first kappa shape index (κ1) is 25.7. The molecule has 0 radical (unpaired) electrons. The van der Waals surface area contributed by atoms with E-state index < -0.39 is 10.0 Å². The van der Waals surface area contributed by atoms with Gasteiger partial charge in [-0.1, -0.05) is 19.9 Å². The van der Waals surface area contributed by atoms with Crippen molar-refractivity contribution >= 4 is 27.5 Å². The summed E-state index contributed by atoms with van der Waals surface area (Å²) < 4.78 is 32.9. The van der Waals surface area contributed by atoms with Crippen LogP contribution in [-0.2, 0) is 19.6 Å². The second-order valence-electron chi connectivity index (χ2n) is 8.91. The Balaban J connectivity index is 1.48. The van der Waals surface area contributed by atoms with Crippen LogP contribution in [0.15, 0.2) is 47.4 Å². The molecule has 34 heavy (non-hydrogen) atoms. The topological polar surface area (TPSA) is 105 Å². The Morgan fingerprint density at radius 3 is 2.29 bits per heavy atom. The number of hydrogen-bond donors (Lipinski definition) is 2. The Hall–Kier alpha value is -2.91. The molecule has 2 aromatic carbocycles. The zero-order valence-electron chi connectivity index (χ0n) is 20.1. The molecule has 0 unspecified atom stereocenters. The van der Waals surface area contributed by atoms with Gasteiger partial charge < -0.3 is 15.4 Å². The summed E-state index contributed by atoms with van der Waals surface area (Å²) in [6, 6.07) is 11.9. The molecule has 0 saturated carbocycles. The minimum Gasteiger partial charge on any atom is -0.484 e. The number of carbonyl (C=O) groups excluding carboxylic acids is 2. The number of nitrogens with zero attached hydrogens (tertiary/aromatic N) is 1. The van der Waals surface area contributed by atoms with Crippen LogP contribution in [0.5, 0.6) is 5.75 Å². The molecule has 0 spiro atoms. The third kappa shape index (κ3) is 6.57. The number of anilines is 1. The summed E-state index contributed by atoms with van der Waals surface area (Å²) in [5.74, 6) is 0.641. The molecule has 9 heteroatoms. The number of benzene rings is 2. The molecule has 1 fully saturated rings. The van der Waals surface area contributed by atoms with E-state index in [0.29, 0.717) is 43.3 Å². The lowest BCUT2D eigenvalue weighted by Gasteiger charge is -2.31. The van der Waals surface area contributed by atoms with Gasteiger partial charge in [0.25, 0.3) is 5.91 Å². The lowest BCUT2D eigenvalue weighted by Crippen LogP contribution is -2.47. The van der Waals surface area contributed by atoms with E-state index in [1.165, 1.54) is 28.9 Å². The smallest absolute Gasteiger partial charge is 0.258 e. The van der Waals surface area contributed by atoms with Gasteiger partial charge in [-0.2, -0.15) is 4.31 Å². The standard InChI is InChI=1S/C25H33N3O5S/c1-17(2)24-10-7-22(15-18(24)3)33-16-25(30)27-21-11-13-28(14-12-21)34(31,32)23-8-5-20(6-9-23)26-19(4)29/h5-10,15,17,21H,11-14,16H2,1-4H3,(H,26,29)(H,27,30). The quantitative estimate of drug-likeness (QED) is 0.594. The summed E-state index contributed by atoms with van der Waals surface area (Å²) in [4.78, 5) is 23.7. The summed E-state index contributed by atoms with van der Waals surface area (Å²) >= 11 is 0. The van der Waals surface area contributed by atoms with Gasteiger partial charge in [-0.05, 0) is 73.2 Å². The Bertz CT molecular complexity index is 1120. The van der Waals surface area contributed by atoms with Crippen LogP contribution < -0.4 is 15.4 Å². The van der Waals surface area contributed by atoms with Crippen molar-refractivity contribution in [2.75, 3.05) is 25.0 Å². The number of hydrogen-bond acceptors (Lipinski definition) is 5. The molecule has 0 bridgehead atoms. The molecule has 2 amide bonds. The molecule has 0 aromatic heterocycles. The zero-order chi connectivity index (χ0) is 24.9. The second kappa shape index (κ2) is 11.0. The van der Waals surface area contributed by atoms with Crippen molar-refractivity contribution in [2.45, 2.75) is 57.4 Å². The molecule has 1 saturated heterocycles. The highest BCUT2D eigenvalue weighted by molar-refractivity contribution is 7.89. The Morgan fingerprint density at radius 1 is 1.09 bits per heavy atom. The Morgan fingerprint density at radius 2 is 1.74 bits per heavy atom. The lowest BCUT2D eigenvalue weighted by atomic mass is 9.98. The van der Waals surface area contributed by atoms with Crippen LogP contribution in [0.4, 0.5) is 5.69 Å². The molecular formula is C25H33N3O5S. The van der Waals surface area contributed by atoms with E-state index >= 15 is 0 Å². The van der Waals surface area contributed by atoms with E-state index in [2.05, 4.69) is 24.5 Å². The molecule has 1 aliphatic rings. The Labute approximate surface area is 201 Å². The molecular weight excluding hydrogens is 454 g/mol.